The van der Waals surface area contributed by atoms with Crippen LogP contribution in [-0.2, 0) is 23.9 Å². The summed E-state index contributed by atoms with van der Waals surface area (Å²) in [6, 6.07) is 7.40. The van der Waals surface area contributed by atoms with Crippen molar-refractivity contribution in [3.05, 3.63) is 52.5 Å². The normalized spacial score (nSPS) is 14.6. The molecule has 0 radical (unpaired) electrons. The Bertz CT molecular complexity index is 1060. The van der Waals surface area contributed by atoms with Gasteiger partial charge in [0, 0.05) is 30.7 Å². The summed E-state index contributed by atoms with van der Waals surface area (Å²) in [5, 5.41) is 3.43. The van der Waals surface area contributed by atoms with Gasteiger partial charge in [0.15, 0.2) is 0 Å². The fourth-order valence-electron chi connectivity index (χ4n) is 3.18. The number of hydrogen-bond donors (Lipinski definition) is 0. The molecule has 158 valence electrons. The van der Waals surface area contributed by atoms with Gasteiger partial charge in [-0.05, 0) is 42.3 Å². The van der Waals surface area contributed by atoms with Crippen molar-refractivity contribution in [3.63, 3.8) is 0 Å². The first-order valence-electron chi connectivity index (χ1n) is 8.98. The predicted octanol–water partition coefficient (Wildman–Crippen LogP) is 3.98. The van der Waals surface area contributed by atoms with Gasteiger partial charge in [-0.1, -0.05) is 5.16 Å². The molecule has 0 aliphatic carbocycles. The molecule has 6 nitrogen and oxygen atoms in total. The lowest BCUT2D eigenvalue weighted by Crippen LogP contribution is -2.40. The Hall–Kier alpha value is -2.79. The zero-order valence-electron chi connectivity index (χ0n) is 15.7. The molecule has 0 N–H and O–H groups in total. The number of carbonyl (C=O) groups excluding carboxylic acids is 1. The van der Waals surface area contributed by atoms with Crippen LogP contribution in [0.3, 0.4) is 0 Å². The second-order valence-electron chi connectivity index (χ2n) is 6.87. The number of fused-ring (bicyclic) bond motifs is 1. The molecule has 0 bridgehead atoms. The monoisotopic (exact) mass is 440 g/mol. The van der Waals surface area contributed by atoms with Crippen molar-refractivity contribution in [3.8, 4) is 10.7 Å². The Labute approximate surface area is 172 Å². The summed E-state index contributed by atoms with van der Waals surface area (Å²) in [4.78, 5) is 21.0. The van der Waals surface area contributed by atoms with E-state index in [0.717, 1.165) is 10.4 Å². The highest BCUT2D eigenvalue weighted by Crippen LogP contribution is 2.35. The highest BCUT2D eigenvalue weighted by atomic mass is 32.1. The van der Waals surface area contributed by atoms with E-state index in [2.05, 4.69) is 14.7 Å². The summed E-state index contributed by atoms with van der Waals surface area (Å²) in [6.45, 7) is 1.29. The van der Waals surface area contributed by atoms with Crippen LogP contribution in [0.2, 0.25) is 0 Å². The summed E-state index contributed by atoms with van der Waals surface area (Å²) in [5.74, 6) is -1.99. The van der Waals surface area contributed by atoms with Crippen LogP contribution in [0.15, 0.2) is 34.9 Å². The van der Waals surface area contributed by atoms with Gasteiger partial charge in [-0.25, -0.2) is 4.39 Å². The molecule has 2 aromatic heterocycles. The number of benzene rings is 1. The van der Waals surface area contributed by atoms with Gasteiger partial charge in [0.2, 0.25) is 11.7 Å². The standard InChI is InChI=1S/C19H16F4N4O2S/c1-26(13-4-2-12(20)3-5-13)16(28)10-27-7-6-14-11(9-27)8-15(30-14)17-24-18(29-25-17)19(21,22)23/h2-5,8H,6-7,9-10H2,1H3. The molecule has 0 fully saturated rings. The van der Waals surface area contributed by atoms with Gasteiger partial charge in [-0.3, -0.25) is 9.69 Å². The van der Waals surface area contributed by atoms with Crippen LogP contribution in [0, 0.1) is 5.82 Å². The first-order chi connectivity index (χ1) is 14.2. The van der Waals surface area contributed by atoms with Crippen LogP contribution in [0.4, 0.5) is 23.2 Å². The molecule has 0 unspecified atom stereocenters. The van der Waals surface area contributed by atoms with E-state index in [1.165, 1.54) is 40.5 Å². The highest BCUT2D eigenvalue weighted by Gasteiger charge is 2.38. The SMILES string of the molecule is CN(C(=O)CN1CCc2sc(-c3noc(C(F)(F)F)n3)cc2C1)c1ccc(F)cc1. The molecule has 1 aliphatic heterocycles. The maximum absolute atomic E-state index is 13.1. The van der Waals surface area contributed by atoms with Crippen molar-refractivity contribution >= 4 is 22.9 Å². The number of likely N-dealkylation sites (N-methyl/N-ethyl adjacent to an activating group) is 1. The van der Waals surface area contributed by atoms with Crippen LogP contribution < -0.4 is 4.90 Å². The van der Waals surface area contributed by atoms with Crippen molar-refractivity contribution in [2.75, 3.05) is 25.0 Å². The molecular formula is C19H16F4N4O2S. The number of carbonyl (C=O) groups is 1. The quantitative estimate of drug-likeness (QED) is 0.575. The molecule has 30 heavy (non-hydrogen) atoms. The maximum atomic E-state index is 13.1. The van der Waals surface area contributed by atoms with E-state index < -0.39 is 12.1 Å². The van der Waals surface area contributed by atoms with Gasteiger partial charge in [-0.2, -0.15) is 18.2 Å². The zero-order valence-corrected chi connectivity index (χ0v) is 16.6. The average Bonchev–Trinajstić information content (AvgIpc) is 3.34. The maximum Gasteiger partial charge on any atom is 0.471 e. The number of halogens is 4. The van der Waals surface area contributed by atoms with E-state index in [-0.39, 0.29) is 24.1 Å². The minimum absolute atomic E-state index is 0.0969. The molecule has 4 rings (SSSR count). The Balaban J connectivity index is 1.43. The Kier molecular flexibility index (Phi) is 5.33. The first-order valence-corrected chi connectivity index (χ1v) is 9.79. The lowest BCUT2D eigenvalue weighted by molar-refractivity contribution is -0.159. The summed E-state index contributed by atoms with van der Waals surface area (Å²) < 4.78 is 55.4. The van der Waals surface area contributed by atoms with Crippen LogP contribution >= 0.6 is 11.3 Å². The van der Waals surface area contributed by atoms with E-state index in [1.54, 1.807) is 13.1 Å². The van der Waals surface area contributed by atoms with E-state index in [0.29, 0.717) is 30.1 Å². The fraction of sp³-hybridized carbons (Fsp3) is 0.316. The number of aromatic nitrogens is 2. The van der Waals surface area contributed by atoms with Gasteiger partial charge >= 0.3 is 12.1 Å². The molecule has 1 amide bonds. The lowest BCUT2D eigenvalue weighted by atomic mass is 10.1. The number of hydrogen-bond acceptors (Lipinski definition) is 6. The van der Waals surface area contributed by atoms with Gasteiger partial charge in [0.25, 0.3) is 0 Å². The lowest BCUT2D eigenvalue weighted by Gasteiger charge is -2.28. The largest absolute Gasteiger partial charge is 0.471 e. The number of rotatable bonds is 4. The fourth-order valence-corrected chi connectivity index (χ4v) is 4.27. The number of nitrogens with zero attached hydrogens (tertiary/aromatic N) is 4. The average molecular weight is 440 g/mol. The molecule has 11 heteroatoms. The Morgan fingerprint density at radius 2 is 2.03 bits per heavy atom. The van der Waals surface area contributed by atoms with Crippen molar-refractivity contribution in [1.29, 1.82) is 0 Å². The summed E-state index contributed by atoms with van der Waals surface area (Å²) in [7, 11) is 1.63. The first kappa shape index (κ1) is 20.5. The third-order valence-electron chi connectivity index (χ3n) is 4.78. The number of amides is 1. The van der Waals surface area contributed by atoms with Gasteiger partial charge in [0.1, 0.15) is 5.82 Å². The minimum Gasteiger partial charge on any atom is -0.329 e. The van der Waals surface area contributed by atoms with E-state index in [9.17, 15) is 22.4 Å². The third-order valence-corrected chi connectivity index (χ3v) is 6.01. The van der Waals surface area contributed by atoms with Crippen molar-refractivity contribution < 1.29 is 26.9 Å². The second kappa shape index (κ2) is 7.80. The van der Waals surface area contributed by atoms with Crippen LogP contribution in [-0.4, -0.2) is 41.1 Å². The van der Waals surface area contributed by atoms with E-state index in [1.807, 2.05) is 4.90 Å². The van der Waals surface area contributed by atoms with Crippen LogP contribution in [0.5, 0.6) is 0 Å². The minimum atomic E-state index is -4.68. The van der Waals surface area contributed by atoms with E-state index in [4.69, 9.17) is 0 Å². The summed E-state index contributed by atoms with van der Waals surface area (Å²) in [6.07, 6.45) is -4.02. The number of alkyl halides is 3. The molecule has 0 spiro atoms. The molecule has 3 aromatic rings. The number of anilines is 1. The molecule has 3 heterocycles. The predicted molar refractivity (Wildman–Crippen MR) is 101 cm³/mol. The molecule has 1 aromatic carbocycles. The van der Waals surface area contributed by atoms with E-state index >= 15 is 0 Å². The number of thiophene rings is 1. The Morgan fingerprint density at radius 3 is 2.70 bits per heavy atom. The van der Waals surface area contributed by atoms with Gasteiger partial charge in [-0.15, -0.1) is 11.3 Å². The smallest absolute Gasteiger partial charge is 0.329 e. The van der Waals surface area contributed by atoms with Crippen molar-refractivity contribution in [1.82, 2.24) is 15.0 Å². The molecule has 0 atom stereocenters. The van der Waals surface area contributed by atoms with Crippen molar-refractivity contribution in [2.24, 2.45) is 0 Å². The van der Waals surface area contributed by atoms with Crippen LogP contribution in [0.1, 0.15) is 16.3 Å². The highest BCUT2D eigenvalue weighted by molar-refractivity contribution is 7.15. The summed E-state index contributed by atoms with van der Waals surface area (Å²) >= 11 is 1.33. The molecule has 0 saturated carbocycles. The summed E-state index contributed by atoms with van der Waals surface area (Å²) in [5.41, 5.74) is 1.52. The molecule has 0 saturated heterocycles. The second-order valence-corrected chi connectivity index (χ2v) is 8.01. The Morgan fingerprint density at radius 1 is 1.30 bits per heavy atom. The topological polar surface area (TPSA) is 62.5 Å². The van der Waals surface area contributed by atoms with Crippen LogP contribution in [0.25, 0.3) is 10.7 Å². The third kappa shape index (κ3) is 4.21. The van der Waals surface area contributed by atoms with Crippen molar-refractivity contribution in [2.45, 2.75) is 19.1 Å². The van der Waals surface area contributed by atoms with Gasteiger partial charge in [0.05, 0.1) is 11.4 Å². The molecule has 1 aliphatic rings. The molecular weight excluding hydrogens is 424 g/mol. The van der Waals surface area contributed by atoms with Gasteiger partial charge < -0.3 is 9.42 Å². The zero-order chi connectivity index (χ0) is 21.5.